The van der Waals surface area contributed by atoms with Gasteiger partial charge in [-0.25, -0.2) is 12.8 Å². The smallest absolute Gasteiger partial charge is 0.324 e. The van der Waals surface area contributed by atoms with Crippen molar-refractivity contribution in [3.05, 3.63) is 29.6 Å². The van der Waals surface area contributed by atoms with Crippen molar-refractivity contribution in [1.29, 1.82) is 5.26 Å². The molecule has 0 unspecified atom stereocenters. The van der Waals surface area contributed by atoms with Crippen LogP contribution in [0.25, 0.3) is 0 Å². The number of nitrogens with zero attached hydrogens (tertiary/aromatic N) is 1. The predicted molar refractivity (Wildman–Crippen MR) is 59.9 cm³/mol. The monoisotopic (exact) mass is 288 g/mol. The van der Waals surface area contributed by atoms with Gasteiger partial charge in [0, 0.05) is 0 Å². The normalized spacial score (nSPS) is 12.7. The SMILES string of the molecule is N#Cc1c(F)cccc1S(=O)(=O)N[C@@H](CO)C(=O)O. The van der Waals surface area contributed by atoms with Gasteiger partial charge in [-0.05, 0) is 12.1 Å². The molecule has 0 heterocycles. The van der Waals surface area contributed by atoms with Crippen LogP contribution < -0.4 is 4.72 Å². The van der Waals surface area contributed by atoms with Gasteiger partial charge in [0.25, 0.3) is 0 Å². The fourth-order valence-electron chi connectivity index (χ4n) is 1.25. The van der Waals surface area contributed by atoms with Gasteiger partial charge >= 0.3 is 5.97 Å². The van der Waals surface area contributed by atoms with E-state index in [0.29, 0.717) is 0 Å². The highest BCUT2D eigenvalue weighted by Crippen LogP contribution is 2.18. The van der Waals surface area contributed by atoms with E-state index in [1.807, 2.05) is 0 Å². The third kappa shape index (κ3) is 3.25. The quantitative estimate of drug-likeness (QED) is 0.665. The van der Waals surface area contributed by atoms with Crippen LogP contribution in [0.4, 0.5) is 4.39 Å². The van der Waals surface area contributed by atoms with Crippen LogP contribution in [0.3, 0.4) is 0 Å². The fourth-order valence-corrected chi connectivity index (χ4v) is 2.60. The number of rotatable bonds is 5. The van der Waals surface area contributed by atoms with Crippen molar-refractivity contribution in [2.75, 3.05) is 6.61 Å². The van der Waals surface area contributed by atoms with Crippen molar-refractivity contribution in [3.63, 3.8) is 0 Å². The van der Waals surface area contributed by atoms with Gasteiger partial charge in [-0.2, -0.15) is 9.98 Å². The van der Waals surface area contributed by atoms with E-state index in [0.717, 1.165) is 18.2 Å². The summed E-state index contributed by atoms with van der Waals surface area (Å²) in [5, 5.41) is 26.1. The molecule has 1 rings (SSSR count). The second-order valence-corrected chi connectivity index (χ2v) is 5.10. The highest BCUT2D eigenvalue weighted by molar-refractivity contribution is 7.89. The number of hydrogen-bond acceptors (Lipinski definition) is 5. The summed E-state index contributed by atoms with van der Waals surface area (Å²) >= 11 is 0. The molecule has 0 saturated heterocycles. The Morgan fingerprint density at radius 1 is 1.53 bits per heavy atom. The van der Waals surface area contributed by atoms with Crippen LogP contribution in [0.5, 0.6) is 0 Å². The van der Waals surface area contributed by atoms with Gasteiger partial charge < -0.3 is 10.2 Å². The van der Waals surface area contributed by atoms with E-state index in [4.69, 9.17) is 15.5 Å². The summed E-state index contributed by atoms with van der Waals surface area (Å²) in [7, 11) is -4.44. The minimum atomic E-state index is -4.44. The first-order valence-corrected chi connectivity index (χ1v) is 6.36. The lowest BCUT2D eigenvalue weighted by Gasteiger charge is -2.13. The van der Waals surface area contributed by atoms with Crippen molar-refractivity contribution in [1.82, 2.24) is 4.72 Å². The van der Waals surface area contributed by atoms with E-state index in [2.05, 4.69) is 0 Å². The Hall–Kier alpha value is -2.02. The van der Waals surface area contributed by atoms with Gasteiger partial charge in [-0.3, -0.25) is 4.79 Å². The van der Waals surface area contributed by atoms with E-state index in [1.54, 1.807) is 4.72 Å². The van der Waals surface area contributed by atoms with Crippen LogP contribution in [0.15, 0.2) is 23.1 Å². The number of aliphatic hydroxyl groups excluding tert-OH is 1. The molecule has 1 aromatic carbocycles. The average Bonchev–Trinajstić information content (AvgIpc) is 2.35. The Morgan fingerprint density at radius 3 is 2.63 bits per heavy atom. The number of halogens is 1. The van der Waals surface area contributed by atoms with E-state index < -0.39 is 44.9 Å². The number of sulfonamides is 1. The summed E-state index contributed by atoms with van der Waals surface area (Å²) in [5.41, 5.74) is -0.725. The minimum Gasteiger partial charge on any atom is -0.480 e. The van der Waals surface area contributed by atoms with Gasteiger partial charge in [0.1, 0.15) is 28.4 Å². The van der Waals surface area contributed by atoms with Crippen molar-refractivity contribution in [2.24, 2.45) is 0 Å². The maximum absolute atomic E-state index is 13.3. The summed E-state index contributed by atoms with van der Waals surface area (Å²) in [6.07, 6.45) is 0. The van der Waals surface area contributed by atoms with Crippen molar-refractivity contribution >= 4 is 16.0 Å². The summed E-state index contributed by atoms with van der Waals surface area (Å²) in [5.74, 6) is -2.64. The molecule has 0 bridgehead atoms. The van der Waals surface area contributed by atoms with Crippen LogP contribution in [-0.4, -0.2) is 37.2 Å². The van der Waals surface area contributed by atoms with Crippen molar-refractivity contribution < 1.29 is 27.8 Å². The maximum Gasteiger partial charge on any atom is 0.324 e. The van der Waals surface area contributed by atoms with Crippen molar-refractivity contribution in [2.45, 2.75) is 10.9 Å². The molecule has 0 spiro atoms. The van der Waals surface area contributed by atoms with Gasteiger partial charge in [0.05, 0.1) is 6.61 Å². The molecule has 7 nitrogen and oxygen atoms in total. The number of carbonyl (C=O) groups is 1. The summed E-state index contributed by atoms with van der Waals surface area (Å²) in [6, 6.07) is 2.54. The Bertz CT molecular complexity index is 638. The topological polar surface area (TPSA) is 127 Å². The zero-order valence-corrected chi connectivity index (χ0v) is 10.2. The van der Waals surface area contributed by atoms with Crippen LogP contribution in [-0.2, 0) is 14.8 Å². The molecule has 9 heteroatoms. The highest BCUT2D eigenvalue weighted by atomic mass is 32.2. The standard InChI is InChI=1S/C10H9FN2O5S/c11-7-2-1-3-9(6(7)4-12)19(17,18)13-8(5-14)10(15)16/h1-3,8,13-14H,5H2,(H,15,16)/t8-/m0/s1. The largest absolute Gasteiger partial charge is 0.480 e. The molecule has 0 saturated carbocycles. The Balaban J connectivity index is 3.26. The van der Waals surface area contributed by atoms with Crippen molar-refractivity contribution in [3.8, 4) is 6.07 Å². The zero-order chi connectivity index (χ0) is 14.6. The molecular weight excluding hydrogens is 279 g/mol. The molecule has 0 radical (unpaired) electrons. The third-order valence-corrected chi connectivity index (χ3v) is 3.67. The molecule has 0 aromatic heterocycles. The Kier molecular flexibility index (Phi) is 4.55. The van der Waals surface area contributed by atoms with Crippen LogP contribution in [0.1, 0.15) is 5.56 Å². The molecule has 0 fully saturated rings. The fraction of sp³-hybridized carbons (Fsp3) is 0.200. The number of carboxylic acids is 1. The Labute approximate surface area is 108 Å². The molecule has 0 aliphatic rings. The lowest BCUT2D eigenvalue weighted by atomic mass is 10.2. The van der Waals surface area contributed by atoms with E-state index in [1.165, 1.54) is 6.07 Å². The maximum atomic E-state index is 13.3. The first kappa shape index (κ1) is 15.0. The third-order valence-electron chi connectivity index (χ3n) is 2.15. The molecule has 3 N–H and O–H groups in total. The molecular formula is C10H9FN2O5S. The number of aliphatic hydroxyl groups is 1. The number of aliphatic carboxylic acids is 1. The molecule has 1 aromatic rings. The second-order valence-electron chi connectivity index (χ2n) is 3.42. The zero-order valence-electron chi connectivity index (χ0n) is 9.37. The summed E-state index contributed by atoms with van der Waals surface area (Å²) in [6.45, 7) is -0.980. The number of nitrogens with one attached hydrogen (secondary N) is 1. The van der Waals surface area contributed by atoms with Crippen LogP contribution in [0, 0.1) is 17.1 Å². The van der Waals surface area contributed by atoms with E-state index in [9.17, 15) is 17.6 Å². The predicted octanol–water partition coefficient (Wildman–Crippen LogP) is -0.579. The van der Waals surface area contributed by atoms with E-state index in [-0.39, 0.29) is 0 Å². The molecule has 102 valence electrons. The summed E-state index contributed by atoms with van der Waals surface area (Å²) < 4.78 is 38.6. The molecule has 19 heavy (non-hydrogen) atoms. The lowest BCUT2D eigenvalue weighted by Crippen LogP contribution is -2.43. The molecule has 0 aliphatic heterocycles. The number of hydrogen-bond donors (Lipinski definition) is 3. The first-order chi connectivity index (χ1) is 8.83. The van der Waals surface area contributed by atoms with Gasteiger partial charge in [0.15, 0.2) is 0 Å². The minimum absolute atomic E-state index is 0.685. The lowest BCUT2D eigenvalue weighted by molar-refractivity contribution is -0.139. The molecule has 0 aliphatic carbocycles. The molecule has 1 atom stereocenters. The number of carboxylic acid groups (broad SMARTS) is 1. The number of nitriles is 1. The number of benzene rings is 1. The van der Waals surface area contributed by atoms with Gasteiger partial charge in [-0.1, -0.05) is 6.07 Å². The Morgan fingerprint density at radius 2 is 2.16 bits per heavy atom. The first-order valence-electron chi connectivity index (χ1n) is 4.88. The summed E-state index contributed by atoms with van der Waals surface area (Å²) in [4.78, 5) is 9.95. The molecule has 0 amide bonds. The average molecular weight is 288 g/mol. The van der Waals surface area contributed by atoms with E-state index >= 15 is 0 Å². The van der Waals surface area contributed by atoms with Gasteiger partial charge in [0.2, 0.25) is 10.0 Å². The van der Waals surface area contributed by atoms with Crippen LogP contribution >= 0.6 is 0 Å². The second kappa shape index (κ2) is 5.75. The highest BCUT2D eigenvalue weighted by Gasteiger charge is 2.27. The van der Waals surface area contributed by atoms with Gasteiger partial charge in [-0.15, -0.1) is 0 Å². The van der Waals surface area contributed by atoms with Crippen LogP contribution in [0.2, 0.25) is 0 Å².